The summed E-state index contributed by atoms with van der Waals surface area (Å²) in [4.78, 5) is 31.8. The number of amides is 2. The van der Waals surface area contributed by atoms with E-state index in [1.54, 1.807) is 26.0 Å². The van der Waals surface area contributed by atoms with Gasteiger partial charge in [-0.1, -0.05) is 60.7 Å². The van der Waals surface area contributed by atoms with Gasteiger partial charge in [-0.3, -0.25) is 14.5 Å². The van der Waals surface area contributed by atoms with Crippen LogP contribution in [-0.2, 0) is 11.0 Å². The molecule has 0 saturated carbocycles. The number of halogens is 3. The van der Waals surface area contributed by atoms with Gasteiger partial charge in [-0.05, 0) is 44.2 Å². The van der Waals surface area contributed by atoms with Crippen molar-refractivity contribution in [3.05, 3.63) is 113 Å². The van der Waals surface area contributed by atoms with Crippen molar-refractivity contribution < 1.29 is 22.8 Å². The SMILES string of the molecule is CCN1C(=O)C(NC(=O)c2cccc(C(F)(F)F)c2)C/C(=C(\C)N)C1=Nc1ccccc1.c1ccccc1. The Morgan fingerprint density at radius 2 is 1.58 bits per heavy atom. The van der Waals surface area contributed by atoms with E-state index >= 15 is 0 Å². The van der Waals surface area contributed by atoms with Crippen molar-refractivity contribution in [3.63, 3.8) is 0 Å². The molecular weight excluding hydrogens is 493 g/mol. The number of allylic oxidation sites excluding steroid dienone is 1. The van der Waals surface area contributed by atoms with Crippen LogP contribution in [0.3, 0.4) is 0 Å². The van der Waals surface area contributed by atoms with E-state index in [2.05, 4.69) is 10.3 Å². The average Bonchev–Trinajstić information content (AvgIpc) is 2.91. The smallest absolute Gasteiger partial charge is 0.402 e. The zero-order valence-electron chi connectivity index (χ0n) is 21.1. The summed E-state index contributed by atoms with van der Waals surface area (Å²) in [7, 11) is 0. The molecule has 0 radical (unpaired) electrons. The van der Waals surface area contributed by atoms with Crippen LogP contribution in [0.25, 0.3) is 0 Å². The number of nitrogens with zero attached hydrogens (tertiary/aromatic N) is 2. The number of alkyl halides is 3. The highest BCUT2D eigenvalue weighted by atomic mass is 19.4. The minimum atomic E-state index is -4.58. The molecule has 1 fully saturated rings. The van der Waals surface area contributed by atoms with Gasteiger partial charge in [0, 0.05) is 29.8 Å². The van der Waals surface area contributed by atoms with Crippen LogP contribution in [0.4, 0.5) is 18.9 Å². The Kier molecular flexibility index (Phi) is 9.43. The molecule has 3 aromatic rings. The number of likely N-dealkylation sites (N-methyl/N-ethyl adjacent to an activating group) is 1. The molecule has 0 spiro atoms. The highest BCUT2D eigenvalue weighted by Crippen LogP contribution is 2.30. The number of amidine groups is 1. The second kappa shape index (κ2) is 12.7. The van der Waals surface area contributed by atoms with Crippen LogP contribution in [-0.4, -0.2) is 35.1 Å². The molecule has 1 aliphatic rings. The molecule has 1 heterocycles. The number of hydrogen-bond acceptors (Lipinski definition) is 4. The minimum absolute atomic E-state index is 0.0774. The van der Waals surface area contributed by atoms with E-state index < -0.39 is 29.6 Å². The Bertz CT molecular complexity index is 1280. The number of aliphatic imine (C=N–C) groups is 1. The summed E-state index contributed by atoms with van der Waals surface area (Å²) in [6.45, 7) is 3.71. The highest BCUT2D eigenvalue weighted by molar-refractivity contribution is 6.14. The van der Waals surface area contributed by atoms with Gasteiger partial charge in [0.15, 0.2) is 0 Å². The van der Waals surface area contributed by atoms with Crippen molar-refractivity contribution >= 4 is 23.3 Å². The first-order chi connectivity index (χ1) is 18.1. The van der Waals surface area contributed by atoms with Gasteiger partial charge >= 0.3 is 6.18 Å². The van der Waals surface area contributed by atoms with Crippen LogP contribution in [0.15, 0.2) is 107 Å². The van der Waals surface area contributed by atoms with Crippen molar-refractivity contribution in [3.8, 4) is 0 Å². The summed E-state index contributed by atoms with van der Waals surface area (Å²) in [5, 5.41) is 2.55. The first-order valence-electron chi connectivity index (χ1n) is 12.0. The summed E-state index contributed by atoms with van der Waals surface area (Å²) in [5.74, 6) is -0.788. The molecule has 1 aliphatic heterocycles. The van der Waals surface area contributed by atoms with Gasteiger partial charge in [0.05, 0.1) is 11.3 Å². The molecule has 198 valence electrons. The Hall–Kier alpha value is -4.40. The number of carbonyl (C=O) groups is 2. The lowest BCUT2D eigenvalue weighted by Gasteiger charge is -2.35. The molecule has 6 nitrogen and oxygen atoms in total. The standard InChI is InChI=1S/C23H23F3N4O2.C6H6/c1-3-30-20(28-17-10-5-4-6-11-17)18(14(2)27)13-19(22(30)32)29-21(31)15-8-7-9-16(12-15)23(24,25)26;1-2-4-6-5-3-1/h4-12,19H,3,13,27H2,1-2H3,(H,29,31);1-6H/b18-14-,28-20?;. The fourth-order valence-corrected chi connectivity index (χ4v) is 3.81. The number of piperidine rings is 1. The molecule has 38 heavy (non-hydrogen) atoms. The summed E-state index contributed by atoms with van der Waals surface area (Å²) in [6.07, 6.45) is -4.50. The van der Waals surface area contributed by atoms with E-state index in [0.29, 0.717) is 22.8 Å². The molecule has 2 amide bonds. The first kappa shape index (κ1) is 28.2. The second-order valence-electron chi connectivity index (χ2n) is 8.48. The fraction of sp³-hybridized carbons (Fsp3) is 0.207. The zero-order chi connectivity index (χ0) is 27.7. The van der Waals surface area contributed by atoms with Crippen molar-refractivity contribution in [2.75, 3.05) is 6.54 Å². The normalized spacial score (nSPS) is 17.9. The lowest BCUT2D eigenvalue weighted by Crippen LogP contribution is -2.55. The number of likely N-dealkylation sites (tertiary alicyclic amines) is 1. The molecule has 0 bridgehead atoms. The van der Waals surface area contributed by atoms with Gasteiger partial charge in [-0.25, -0.2) is 4.99 Å². The maximum atomic E-state index is 13.1. The van der Waals surface area contributed by atoms with Crippen molar-refractivity contribution in [2.45, 2.75) is 32.5 Å². The third-order valence-electron chi connectivity index (χ3n) is 5.71. The monoisotopic (exact) mass is 522 g/mol. The molecule has 1 unspecified atom stereocenters. The topological polar surface area (TPSA) is 87.8 Å². The van der Waals surface area contributed by atoms with Gasteiger partial charge in [-0.2, -0.15) is 13.2 Å². The molecule has 0 aliphatic carbocycles. The fourth-order valence-electron chi connectivity index (χ4n) is 3.81. The third kappa shape index (κ3) is 7.32. The van der Waals surface area contributed by atoms with E-state index in [-0.39, 0.29) is 18.5 Å². The van der Waals surface area contributed by atoms with E-state index in [9.17, 15) is 22.8 Å². The van der Waals surface area contributed by atoms with Gasteiger partial charge in [0.25, 0.3) is 11.8 Å². The quantitative estimate of drug-likeness (QED) is 0.460. The predicted molar refractivity (Wildman–Crippen MR) is 142 cm³/mol. The molecule has 9 heteroatoms. The average molecular weight is 523 g/mol. The predicted octanol–water partition coefficient (Wildman–Crippen LogP) is 5.71. The second-order valence-corrected chi connectivity index (χ2v) is 8.48. The van der Waals surface area contributed by atoms with Crippen LogP contribution in [0.5, 0.6) is 0 Å². The Morgan fingerprint density at radius 1 is 1.00 bits per heavy atom. The highest BCUT2D eigenvalue weighted by Gasteiger charge is 2.37. The van der Waals surface area contributed by atoms with Crippen LogP contribution in [0.2, 0.25) is 0 Å². The maximum absolute atomic E-state index is 13.1. The molecule has 1 saturated heterocycles. The molecule has 4 rings (SSSR count). The summed E-state index contributed by atoms with van der Waals surface area (Å²) in [5.41, 5.74) is 6.60. The Morgan fingerprint density at radius 3 is 2.11 bits per heavy atom. The van der Waals surface area contributed by atoms with Gasteiger partial charge < -0.3 is 11.1 Å². The van der Waals surface area contributed by atoms with Gasteiger partial charge in [-0.15, -0.1) is 0 Å². The van der Waals surface area contributed by atoms with Crippen LogP contribution in [0.1, 0.15) is 36.2 Å². The zero-order valence-corrected chi connectivity index (χ0v) is 21.1. The minimum Gasteiger partial charge on any atom is -0.402 e. The van der Waals surface area contributed by atoms with Crippen LogP contribution in [0, 0.1) is 0 Å². The lowest BCUT2D eigenvalue weighted by atomic mass is 9.95. The molecule has 3 N–H and O–H groups in total. The van der Waals surface area contributed by atoms with Crippen LogP contribution < -0.4 is 11.1 Å². The number of hydrogen-bond donors (Lipinski definition) is 2. The van der Waals surface area contributed by atoms with Gasteiger partial charge in [0.1, 0.15) is 11.9 Å². The van der Waals surface area contributed by atoms with E-state index in [4.69, 9.17) is 5.73 Å². The van der Waals surface area contributed by atoms with Crippen LogP contribution >= 0.6 is 0 Å². The number of rotatable bonds is 4. The Labute approximate surface area is 219 Å². The number of benzene rings is 3. The first-order valence-corrected chi connectivity index (χ1v) is 12.0. The largest absolute Gasteiger partial charge is 0.416 e. The van der Waals surface area contributed by atoms with E-state index in [1.807, 2.05) is 54.6 Å². The number of para-hydroxylation sites is 1. The molecule has 3 aromatic carbocycles. The molecule has 0 aromatic heterocycles. The van der Waals surface area contributed by atoms with E-state index in [0.717, 1.165) is 18.2 Å². The van der Waals surface area contributed by atoms with Crippen molar-refractivity contribution in [1.29, 1.82) is 0 Å². The summed E-state index contributed by atoms with van der Waals surface area (Å²) < 4.78 is 39.0. The molecule has 1 atom stereocenters. The Balaban J connectivity index is 0.000000585. The lowest BCUT2D eigenvalue weighted by molar-refractivity contribution is -0.137. The summed E-state index contributed by atoms with van der Waals surface area (Å²) in [6, 6.07) is 24.1. The third-order valence-corrected chi connectivity index (χ3v) is 5.71. The van der Waals surface area contributed by atoms with Crippen molar-refractivity contribution in [1.82, 2.24) is 10.2 Å². The molecular formula is C29H29F3N4O2. The van der Waals surface area contributed by atoms with E-state index in [1.165, 1.54) is 11.0 Å². The number of nitrogens with one attached hydrogen (secondary N) is 1. The summed E-state index contributed by atoms with van der Waals surface area (Å²) >= 11 is 0. The number of carbonyl (C=O) groups excluding carboxylic acids is 2. The maximum Gasteiger partial charge on any atom is 0.416 e. The number of nitrogens with two attached hydrogens (primary N) is 1. The van der Waals surface area contributed by atoms with Gasteiger partial charge in [0.2, 0.25) is 0 Å². The van der Waals surface area contributed by atoms with Crippen molar-refractivity contribution in [2.24, 2.45) is 10.7 Å².